The van der Waals surface area contributed by atoms with E-state index >= 15 is 0 Å². The van der Waals surface area contributed by atoms with Gasteiger partial charge in [0.25, 0.3) is 5.91 Å². The van der Waals surface area contributed by atoms with Crippen LogP contribution in [0.5, 0.6) is 5.75 Å². The normalized spacial score (nSPS) is 12.8. The van der Waals surface area contributed by atoms with Gasteiger partial charge in [0.15, 0.2) is 0 Å². The number of nitrogens with zero attached hydrogens (tertiary/aromatic N) is 4. The van der Waals surface area contributed by atoms with Crippen LogP contribution < -0.4 is 10.1 Å². The Morgan fingerprint density at radius 1 is 1.36 bits per heavy atom. The molecule has 1 N–H and O–H groups in total. The smallest absolute Gasteiger partial charge is 0.251 e. The summed E-state index contributed by atoms with van der Waals surface area (Å²) < 4.78 is 6.75. The van der Waals surface area contributed by atoms with Gasteiger partial charge in [-0.3, -0.25) is 4.79 Å². The Hall–Kier alpha value is -2.44. The second-order valence-corrected chi connectivity index (χ2v) is 6.20. The Morgan fingerprint density at radius 3 is 2.64 bits per heavy atom. The topological polar surface area (TPSA) is 81.9 Å². The number of hydrogen-bond donors (Lipinski definition) is 1. The number of tetrazole rings is 1. The third-order valence-electron chi connectivity index (χ3n) is 3.68. The predicted molar refractivity (Wildman–Crippen MR) is 82.1 cm³/mol. The average molecular weight is 303 g/mol. The molecule has 7 heteroatoms. The van der Waals surface area contributed by atoms with Crippen molar-refractivity contribution in [2.24, 2.45) is 5.41 Å². The highest BCUT2D eigenvalue weighted by atomic mass is 16.5. The van der Waals surface area contributed by atoms with Crippen molar-refractivity contribution in [3.05, 3.63) is 30.1 Å². The molecule has 0 fully saturated rings. The molecule has 1 aromatic heterocycles. The van der Waals surface area contributed by atoms with Crippen LogP contribution >= 0.6 is 0 Å². The van der Waals surface area contributed by atoms with Crippen LogP contribution in [0.4, 0.5) is 0 Å². The summed E-state index contributed by atoms with van der Waals surface area (Å²) >= 11 is 0. The Balaban J connectivity index is 2.29. The van der Waals surface area contributed by atoms with Crippen molar-refractivity contribution in [2.75, 3.05) is 7.11 Å². The van der Waals surface area contributed by atoms with E-state index < -0.39 is 0 Å². The third kappa shape index (κ3) is 3.41. The first kappa shape index (κ1) is 15.9. The highest BCUT2D eigenvalue weighted by Gasteiger charge is 2.22. The van der Waals surface area contributed by atoms with Gasteiger partial charge in [-0.25, -0.2) is 0 Å². The molecule has 1 heterocycles. The van der Waals surface area contributed by atoms with Crippen LogP contribution in [0.15, 0.2) is 24.5 Å². The molecule has 0 bridgehead atoms. The number of amides is 1. The first-order chi connectivity index (χ1) is 10.3. The molecule has 0 radical (unpaired) electrons. The summed E-state index contributed by atoms with van der Waals surface area (Å²) in [5.41, 5.74) is 1.13. The molecule has 2 aromatic rings. The molecule has 0 saturated carbocycles. The number of carbonyl (C=O) groups excluding carboxylic acids is 1. The number of ether oxygens (including phenoxy) is 1. The van der Waals surface area contributed by atoms with E-state index in [2.05, 4.69) is 41.6 Å². The van der Waals surface area contributed by atoms with E-state index in [4.69, 9.17) is 4.74 Å². The summed E-state index contributed by atoms with van der Waals surface area (Å²) in [7, 11) is 1.56. The third-order valence-corrected chi connectivity index (χ3v) is 3.68. The number of carbonyl (C=O) groups is 1. The molecule has 0 saturated heterocycles. The lowest BCUT2D eigenvalue weighted by Crippen LogP contribution is -2.41. The summed E-state index contributed by atoms with van der Waals surface area (Å²) in [6, 6.07) is 5.20. The lowest BCUT2D eigenvalue weighted by atomic mass is 9.88. The number of hydrogen-bond acceptors (Lipinski definition) is 5. The first-order valence-corrected chi connectivity index (χ1v) is 7.05. The van der Waals surface area contributed by atoms with E-state index in [1.807, 2.05) is 6.92 Å². The van der Waals surface area contributed by atoms with Crippen molar-refractivity contribution in [1.82, 2.24) is 25.5 Å². The monoisotopic (exact) mass is 303 g/mol. The minimum Gasteiger partial charge on any atom is -0.494 e. The van der Waals surface area contributed by atoms with Crippen LogP contribution in [0.1, 0.15) is 38.1 Å². The largest absolute Gasteiger partial charge is 0.494 e. The molecule has 2 rings (SSSR count). The lowest BCUT2D eigenvalue weighted by molar-refractivity contribution is 0.0910. The Kier molecular flexibility index (Phi) is 4.44. The number of nitrogens with one attached hydrogen (secondary N) is 1. The lowest BCUT2D eigenvalue weighted by Gasteiger charge is -2.28. The maximum atomic E-state index is 12.4. The molecule has 7 nitrogen and oxygen atoms in total. The summed E-state index contributed by atoms with van der Waals surface area (Å²) in [6.45, 7) is 8.24. The Morgan fingerprint density at radius 2 is 2.09 bits per heavy atom. The maximum absolute atomic E-state index is 12.4. The molecule has 0 aliphatic rings. The molecule has 22 heavy (non-hydrogen) atoms. The molecule has 1 amide bonds. The van der Waals surface area contributed by atoms with Crippen LogP contribution in [0.25, 0.3) is 5.69 Å². The van der Waals surface area contributed by atoms with Gasteiger partial charge in [0.2, 0.25) is 0 Å². The number of methoxy groups -OCH3 is 1. The predicted octanol–water partition coefficient (Wildman–Crippen LogP) is 1.84. The van der Waals surface area contributed by atoms with Gasteiger partial charge in [0, 0.05) is 11.6 Å². The van der Waals surface area contributed by atoms with Crippen LogP contribution in [-0.2, 0) is 0 Å². The van der Waals surface area contributed by atoms with Crippen LogP contribution in [0.3, 0.4) is 0 Å². The van der Waals surface area contributed by atoms with Gasteiger partial charge in [-0.2, -0.15) is 4.68 Å². The number of aromatic nitrogens is 4. The molecule has 1 atom stereocenters. The summed E-state index contributed by atoms with van der Waals surface area (Å²) in [5.74, 6) is 0.451. The van der Waals surface area contributed by atoms with Gasteiger partial charge < -0.3 is 10.1 Å². The zero-order valence-electron chi connectivity index (χ0n) is 13.5. The Labute approximate surface area is 129 Å². The van der Waals surface area contributed by atoms with Crippen molar-refractivity contribution in [3.63, 3.8) is 0 Å². The summed E-state index contributed by atoms with van der Waals surface area (Å²) in [6.07, 6.45) is 1.46. The minimum atomic E-state index is -0.139. The van der Waals surface area contributed by atoms with E-state index in [1.165, 1.54) is 11.0 Å². The van der Waals surface area contributed by atoms with Gasteiger partial charge in [0.05, 0.1) is 7.11 Å². The first-order valence-electron chi connectivity index (χ1n) is 7.05. The Bertz CT molecular complexity index is 646. The molecule has 0 aliphatic carbocycles. The fourth-order valence-electron chi connectivity index (χ4n) is 1.78. The van der Waals surface area contributed by atoms with Gasteiger partial charge >= 0.3 is 0 Å². The molecule has 0 aliphatic heterocycles. The van der Waals surface area contributed by atoms with E-state index in [0.717, 1.165) is 0 Å². The van der Waals surface area contributed by atoms with Gasteiger partial charge in [-0.1, -0.05) is 20.8 Å². The van der Waals surface area contributed by atoms with Crippen LogP contribution in [-0.4, -0.2) is 39.3 Å². The molecule has 0 spiro atoms. The molecular weight excluding hydrogens is 282 g/mol. The van der Waals surface area contributed by atoms with Crippen LogP contribution in [0, 0.1) is 5.41 Å². The zero-order valence-corrected chi connectivity index (χ0v) is 13.5. The van der Waals surface area contributed by atoms with E-state index in [9.17, 15) is 4.79 Å². The second kappa shape index (κ2) is 6.13. The van der Waals surface area contributed by atoms with Crippen molar-refractivity contribution < 1.29 is 9.53 Å². The fraction of sp³-hybridized carbons (Fsp3) is 0.467. The zero-order chi connectivity index (χ0) is 16.3. The SMILES string of the molecule is COc1ccc(C(=O)NC(C)C(C)(C)C)cc1-n1cnnn1. The number of rotatable bonds is 4. The second-order valence-electron chi connectivity index (χ2n) is 6.20. The van der Waals surface area contributed by atoms with Crippen molar-refractivity contribution in [3.8, 4) is 11.4 Å². The standard InChI is InChI=1S/C15H21N5O2/c1-10(15(2,3)4)17-14(21)11-6-7-13(22-5)12(8-11)20-9-16-18-19-20/h6-10H,1-5H3,(H,17,21). The van der Waals surface area contributed by atoms with Gasteiger partial charge in [-0.15, -0.1) is 5.10 Å². The average Bonchev–Trinajstić information content (AvgIpc) is 2.99. The van der Waals surface area contributed by atoms with E-state index in [0.29, 0.717) is 17.0 Å². The summed E-state index contributed by atoms with van der Waals surface area (Å²) in [5, 5.41) is 14.1. The van der Waals surface area contributed by atoms with Crippen molar-refractivity contribution in [2.45, 2.75) is 33.7 Å². The van der Waals surface area contributed by atoms with Crippen LogP contribution in [0.2, 0.25) is 0 Å². The highest BCUT2D eigenvalue weighted by molar-refractivity contribution is 5.95. The minimum absolute atomic E-state index is 0.0131. The van der Waals surface area contributed by atoms with E-state index in [-0.39, 0.29) is 17.4 Å². The number of benzene rings is 1. The fourth-order valence-corrected chi connectivity index (χ4v) is 1.78. The molecule has 1 aromatic carbocycles. The molecular formula is C15H21N5O2. The molecule has 1 unspecified atom stereocenters. The quantitative estimate of drug-likeness (QED) is 0.932. The summed E-state index contributed by atoms with van der Waals surface area (Å²) in [4.78, 5) is 12.4. The van der Waals surface area contributed by atoms with Crippen molar-refractivity contribution in [1.29, 1.82) is 0 Å². The van der Waals surface area contributed by atoms with Crippen molar-refractivity contribution >= 4 is 5.91 Å². The van der Waals surface area contributed by atoms with E-state index in [1.54, 1.807) is 25.3 Å². The van der Waals surface area contributed by atoms with Gasteiger partial charge in [-0.05, 0) is 41.0 Å². The highest BCUT2D eigenvalue weighted by Crippen LogP contribution is 2.24. The molecule has 118 valence electrons. The van der Waals surface area contributed by atoms with Gasteiger partial charge in [0.1, 0.15) is 17.8 Å². The maximum Gasteiger partial charge on any atom is 0.251 e.